The minimum absolute atomic E-state index is 0.00658. The lowest BCUT2D eigenvalue weighted by Gasteiger charge is -2.37. The summed E-state index contributed by atoms with van der Waals surface area (Å²) in [6, 6.07) is 10.9. The minimum atomic E-state index is -0.594. The van der Waals surface area contributed by atoms with E-state index in [9.17, 15) is 4.79 Å². The fourth-order valence-corrected chi connectivity index (χ4v) is 4.22. The molecule has 1 amide bonds. The van der Waals surface area contributed by atoms with Crippen molar-refractivity contribution in [2.24, 2.45) is 5.41 Å². The van der Waals surface area contributed by atoms with Crippen LogP contribution >= 0.6 is 0 Å². The number of hydrogen-bond acceptors (Lipinski definition) is 6. The summed E-state index contributed by atoms with van der Waals surface area (Å²) in [7, 11) is 1.62. The van der Waals surface area contributed by atoms with E-state index in [1.807, 2.05) is 49.5 Å². The Morgan fingerprint density at radius 3 is 2.52 bits per heavy atom. The van der Waals surface area contributed by atoms with Crippen LogP contribution in [-0.4, -0.2) is 34.1 Å². The quantitative estimate of drug-likeness (QED) is 0.574. The molecule has 2 atom stereocenters. The zero-order valence-electron chi connectivity index (χ0n) is 19.5. The fourth-order valence-electron chi connectivity index (χ4n) is 4.22. The van der Waals surface area contributed by atoms with Crippen molar-refractivity contribution in [2.45, 2.75) is 52.2 Å². The monoisotopic (exact) mass is 446 g/mol. The van der Waals surface area contributed by atoms with Gasteiger partial charge >= 0.3 is 0 Å². The van der Waals surface area contributed by atoms with Crippen LogP contribution in [0.3, 0.4) is 0 Å². The van der Waals surface area contributed by atoms with Gasteiger partial charge in [0, 0.05) is 29.7 Å². The summed E-state index contributed by atoms with van der Waals surface area (Å²) in [5.74, 6) is 1.91. The van der Waals surface area contributed by atoms with Gasteiger partial charge in [-0.05, 0) is 61.1 Å². The summed E-state index contributed by atoms with van der Waals surface area (Å²) in [6.07, 6.45) is 6.92. The summed E-state index contributed by atoms with van der Waals surface area (Å²) in [4.78, 5) is 26.7. The van der Waals surface area contributed by atoms with Gasteiger partial charge in [-0.25, -0.2) is 9.97 Å². The molecular formula is C26H30N4O3. The van der Waals surface area contributed by atoms with Gasteiger partial charge in [-0.3, -0.25) is 9.78 Å². The second kappa shape index (κ2) is 9.57. The average Bonchev–Trinajstić information content (AvgIpc) is 2.82. The summed E-state index contributed by atoms with van der Waals surface area (Å²) in [5.41, 5.74) is 2.87. The Morgan fingerprint density at radius 2 is 1.85 bits per heavy atom. The number of rotatable bonds is 7. The number of benzene rings is 1. The molecule has 33 heavy (non-hydrogen) atoms. The van der Waals surface area contributed by atoms with E-state index in [0.29, 0.717) is 18.0 Å². The highest BCUT2D eigenvalue weighted by Gasteiger charge is 2.35. The highest BCUT2D eigenvalue weighted by molar-refractivity contribution is 5.81. The molecule has 1 aliphatic carbocycles. The summed E-state index contributed by atoms with van der Waals surface area (Å²) in [6.45, 7) is 6.35. The Morgan fingerprint density at radius 1 is 1.15 bits per heavy atom. The van der Waals surface area contributed by atoms with Gasteiger partial charge in [0.25, 0.3) is 5.91 Å². The van der Waals surface area contributed by atoms with E-state index in [0.717, 1.165) is 35.4 Å². The standard InChI is InChI=1S/C26H30N4O3/c1-5-23(33-19-8-6-18(32-4)7-9-19)25(31)30-22-15-26(2,3)14-21-20(22)16-28-24(29-21)17-10-12-27-13-11-17/h6-13,16,22-23H,5,14-15H2,1-4H3,(H,30,31). The lowest BCUT2D eigenvalue weighted by Crippen LogP contribution is -2.43. The van der Waals surface area contributed by atoms with Gasteiger partial charge in [-0.1, -0.05) is 20.8 Å². The van der Waals surface area contributed by atoms with Crippen molar-refractivity contribution in [3.63, 3.8) is 0 Å². The topological polar surface area (TPSA) is 86.2 Å². The second-order valence-corrected chi connectivity index (χ2v) is 9.13. The molecular weight excluding hydrogens is 416 g/mol. The maximum Gasteiger partial charge on any atom is 0.261 e. The summed E-state index contributed by atoms with van der Waals surface area (Å²) >= 11 is 0. The molecule has 7 heteroatoms. The molecule has 0 bridgehead atoms. The molecule has 0 saturated carbocycles. The number of nitrogens with zero attached hydrogens (tertiary/aromatic N) is 3. The third-order valence-electron chi connectivity index (χ3n) is 5.93. The third-order valence-corrected chi connectivity index (χ3v) is 5.93. The molecule has 2 unspecified atom stereocenters. The molecule has 0 saturated heterocycles. The zero-order valence-corrected chi connectivity index (χ0v) is 19.5. The first-order chi connectivity index (χ1) is 15.9. The predicted octanol–water partition coefficient (Wildman–Crippen LogP) is 4.53. The molecule has 7 nitrogen and oxygen atoms in total. The van der Waals surface area contributed by atoms with Crippen molar-refractivity contribution >= 4 is 5.91 Å². The van der Waals surface area contributed by atoms with Crippen molar-refractivity contribution in [3.05, 3.63) is 66.2 Å². The van der Waals surface area contributed by atoms with Gasteiger partial charge in [0.15, 0.2) is 11.9 Å². The Hall–Kier alpha value is -3.48. The number of carbonyl (C=O) groups is 1. The molecule has 1 aliphatic rings. The normalized spacial score (nSPS) is 17.5. The van der Waals surface area contributed by atoms with Crippen LogP contribution in [-0.2, 0) is 11.2 Å². The number of aromatic nitrogens is 3. The van der Waals surface area contributed by atoms with Crippen LogP contribution in [0.5, 0.6) is 11.5 Å². The van der Waals surface area contributed by atoms with Crippen LogP contribution in [0, 0.1) is 5.41 Å². The highest BCUT2D eigenvalue weighted by Crippen LogP contribution is 2.40. The Bertz CT molecular complexity index is 1100. The Kier molecular flexibility index (Phi) is 6.58. The molecule has 2 aromatic heterocycles. The number of hydrogen-bond donors (Lipinski definition) is 1. The molecule has 3 aromatic rings. The van der Waals surface area contributed by atoms with E-state index in [1.165, 1.54) is 0 Å². The van der Waals surface area contributed by atoms with Crippen LogP contribution in [0.4, 0.5) is 0 Å². The predicted molar refractivity (Wildman–Crippen MR) is 126 cm³/mol. The van der Waals surface area contributed by atoms with E-state index in [4.69, 9.17) is 14.5 Å². The molecule has 0 spiro atoms. The second-order valence-electron chi connectivity index (χ2n) is 9.13. The first-order valence-electron chi connectivity index (χ1n) is 11.3. The van der Waals surface area contributed by atoms with Gasteiger partial charge in [0.1, 0.15) is 11.5 Å². The molecule has 1 aromatic carbocycles. The van der Waals surface area contributed by atoms with Crippen molar-refractivity contribution < 1.29 is 14.3 Å². The van der Waals surface area contributed by atoms with Crippen LogP contribution in [0.2, 0.25) is 0 Å². The summed E-state index contributed by atoms with van der Waals surface area (Å²) < 4.78 is 11.2. The van der Waals surface area contributed by atoms with Gasteiger partial charge in [0.2, 0.25) is 0 Å². The molecule has 2 heterocycles. The molecule has 172 valence electrons. The van der Waals surface area contributed by atoms with Gasteiger partial charge < -0.3 is 14.8 Å². The van der Waals surface area contributed by atoms with Crippen molar-refractivity contribution in [1.29, 1.82) is 0 Å². The largest absolute Gasteiger partial charge is 0.497 e. The number of pyridine rings is 1. The maximum atomic E-state index is 13.2. The van der Waals surface area contributed by atoms with Crippen molar-refractivity contribution in [2.75, 3.05) is 7.11 Å². The Balaban J connectivity index is 1.53. The highest BCUT2D eigenvalue weighted by atomic mass is 16.5. The van der Waals surface area contributed by atoms with E-state index < -0.39 is 6.10 Å². The number of nitrogens with one attached hydrogen (secondary N) is 1. The summed E-state index contributed by atoms with van der Waals surface area (Å²) in [5, 5.41) is 3.21. The molecule has 0 radical (unpaired) electrons. The third kappa shape index (κ3) is 5.30. The van der Waals surface area contributed by atoms with Gasteiger partial charge in [-0.2, -0.15) is 0 Å². The van der Waals surface area contributed by atoms with Crippen molar-refractivity contribution in [1.82, 2.24) is 20.3 Å². The van der Waals surface area contributed by atoms with Crippen LogP contribution in [0.25, 0.3) is 11.4 Å². The smallest absolute Gasteiger partial charge is 0.261 e. The van der Waals surface area contributed by atoms with E-state index in [1.54, 1.807) is 19.5 Å². The lowest BCUT2D eigenvalue weighted by atomic mass is 9.74. The molecule has 1 N–H and O–H groups in total. The Labute approximate surface area is 194 Å². The average molecular weight is 447 g/mol. The number of carbonyl (C=O) groups excluding carboxylic acids is 1. The van der Waals surface area contributed by atoms with Crippen LogP contribution < -0.4 is 14.8 Å². The number of fused-ring (bicyclic) bond motifs is 1. The van der Waals surface area contributed by atoms with E-state index in [-0.39, 0.29) is 17.4 Å². The first kappa shape index (κ1) is 22.7. The maximum absolute atomic E-state index is 13.2. The fraction of sp³-hybridized carbons (Fsp3) is 0.385. The first-order valence-corrected chi connectivity index (χ1v) is 11.3. The van der Waals surface area contributed by atoms with Crippen LogP contribution in [0.1, 0.15) is 50.9 Å². The molecule has 4 rings (SSSR count). The van der Waals surface area contributed by atoms with Gasteiger partial charge in [0.05, 0.1) is 18.8 Å². The zero-order chi connectivity index (χ0) is 23.4. The SMILES string of the molecule is CCC(Oc1ccc(OC)cc1)C(=O)NC1CC(C)(C)Cc2nc(-c3ccncc3)ncc21. The lowest BCUT2D eigenvalue weighted by molar-refractivity contribution is -0.129. The number of amides is 1. The molecule has 0 aliphatic heterocycles. The minimum Gasteiger partial charge on any atom is -0.497 e. The van der Waals surface area contributed by atoms with Crippen LogP contribution in [0.15, 0.2) is 55.0 Å². The molecule has 0 fully saturated rings. The number of ether oxygens (including phenoxy) is 2. The van der Waals surface area contributed by atoms with E-state index >= 15 is 0 Å². The number of methoxy groups -OCH3 is 1. The van der Waals surface area contributed by atoms with Crippen molar-refractivity contribution in [3.8, 4) is 22.9 Å². The van der Waals surface area contributed by atoms with E-state index in [2.05, 4.69) is 29.1 Å². The van der Waals surface area contributed by atoms with Gasteiger partial charge in [-0.15, -0.1) is 0 Å².